The Hall–Kier alpha value is -1.38. The van der Waals surface area contributed by atoms with Gasteiger partial charge in [0.25, 0.3) is 0 Å². The second-order valence-electron chi connectivity index (χ2n) is 4.40. The van der Waals surface area contributed by atoms with Crippen LogP contribution in [0.15, 0.2) is 18.2 Å². The summed E-state index contributed by atoms with van der Waals surface area (Å²) >= 11 is 0. The molecule has 1 aromatic rings. The van der Waals surface area contributed by atoms with Crippen molar-refractivity contribution in [2.75, 3.05) is 16.8 Å². The number of para-hydroxylation sites is 1. The van der Waals surface area contributed by atoms with E-state index in [2.05, 4.69) is 37.1 Å². The lowest BCUT2D eigenvalue weighted by Crippen LogP contribution is -2.46. The van der Waals surface area contributed by atoms with Crippen LogP contribution in [0.4, 0.5) is 11.4 Å². The summed E-state index contributed by atoms with van der Waals surface area (Å²) in [5.74, 6) is 0.338. The molecule has 1 atom stereocenters. The average Bonchev–Trinajstić information content (AvgIpc) is 2.17. The van der Waals surface area contributed by atoms with Gasteiger partial charge in [-0.3, -0.25) is 0 Å². The Bertz CT molecular complexity index is 363. The van der Waals surface area contributed by atoms with Gasteiger partial charge in [0.2, 0.25) is 0 Å². The van der Waals surface area contributed by atoms with Gasteiger partial charge in [-0.2, -0.15) is 0 Å². The van der Waals surface area contributed by atoms with Gasteiger partial charge in [0.15, 0.2) is 0 Å². The van der Waals surface area contributed by atoms with Crippen molar-refractivity contribution in [3.63, 3.8) is 0 Å². The molecular weight excluding hydrogens is 188 g/mol. The van der Waals surface area contributed by atoms with E-state index in [9.17, 15) is 5.11 Å². The molecule has 2 rings (SSSR count). The van der Waals surface area contributed by atoms with E-state index in [1.165, 1.54) is 0 Å². The van der Waals surface area contributed by atoms with Crippen molar-refractivity contribution < 1.29 is 5.11 Å². The molecule has 0 saturated heterocycles. The SMILES string of the molecule is CC(C)N1c2cccc(O)c2NCC1C. The lowest BCUT2D eigenvalue weighted by molar-refractivity contribution is 0.474. The number of phenolic OH excluding ortho intramolecular Hbond substituents is 1. The number of hydrogen-bond acceptors (Lipinski definition) is 3. The number of nitrogens with one attached hydrogen (secondary N) is 1. The standard InChI is InChI=1S/C12H18N2O/c1-8(2)14-9(3)7-13-12-10(14)5-4-6-11(12)15/h4-6,8-9,13,15H,7H2,1-3H3. The monoisotopic (exact) mass is 206 g/mol. The Balaban J connectivity index is 2.48. The Labute approximate surface area is 90.7 Å². The van der Waals surface area contributed by atoms with Gasteiger partial charge in [0.1, 0.15) is 11.4 Å². The summed E-state index contributed by atoms with van der Waals surface area (Å²) in [6.45, 7) is 7.42. The molecule has 0 amide bonds. The van der Waals surface area contributed by atoms with Crippen LogP contribution in [-0.4, -0.2) is 23.7 Å². The molecular formula is C12H18N2O. The minimum absolute atomic E-state index is 0.338. The molecule has 0 spiro atoms. The van der Waals surface area contributed by atoms with Crippen LogP contribution >= 0.6 is 0 Å². The quantitative estimate of drug-likeness (QED) is 0.693. The van der Waals surface area contributed by atoms with E-state index in [0.29, 0.717) is 17.8 Å². The molecule has 1 aliphatic heterocycles. The first-order valence-corrected chi connectivity index (χ1v) is 5.45. The van der Waals surface area contributed by atoms with Crippen molar-refractivity contribution in [3.05, 3.63) is 18.2 Å². The lowest BCUT2D eigenvalue weighted by Gasteiger charge is -2.40. The number of fused-ring (bicyclic) bond motifs is 1. The molecule has 0 bridgehead atoms. The van der Waals surface area contributed by atoms with Crippen molar-refractivity contribution in [2.45, 2.75) is 32.9 Å². The summed E-state index contributed by atoms with van der Waals surface area (Å²) in [5.41, 5.74) is 1.97. The third-order valence-corrected chi connectivity index (χ3v) is 2.90. The van der Waals surface area contributed by atoms with Gasteiger partial charge >= 0.3 is 0 Å². The summed E-state index contributed by atoms with van der Waals surface area (Å²) in [6.07, 6.45) is 0. The summed E-state index contributed by atoms with van der Waals surface area (Å²) in [7, 11) is 0. The lowest BCUT2D eigenvalue weighted by atomic mass is 10.1. The number of anilines is 2. The smallest absolute Gasteiger partial charge is 0.140 e. The van der Waals surface area contributed by atoms with E-state index in [-0.39, 0.29) is 0 Å². The van der Waals surface area contributed by atoms with Crippen LogP contribution in [0, 0.1) is 0 Å². The van der Waals surface area contributed by atoms with E-state index < -0.39 is 0 Å². The molecule has 0 aromatic heterocycles. The molecule has 2 N–H and O–H groups in total. The fourth-order valence-corrected chi connectivity index (χ4v) is 2.30. The number of benzene rings is 1. The van der Waals surface area contributed by atoms with E-state index in [4.69, 9.17) is 0 Å². The molecule has 3 heteroatoms. The van der Waals surface area contributed by atoms with E-state index in [0.717, 1.165) is 17.9 Å². The summed E-state index contributed by atoms with van der Waals surface area (Å²) in [4.78, 5) is 2.34. The highest BCUT2D eigenvalue weighted by atomic mass is 16.3. The van der Waals surface area contributed by atoms with Gasteiger partial charge in [-0.15, -0.1) is 0 Å². The minimum Gasteiger partial charge on any atom is -0.506 e. The molecule has 0 aliphatic carbocycles. The molecule has 1 aliphatic rings. The molecule has 15 heavy (non-hydrogen) atoms. The van der Waals surface area contributed by atoms with Crippen molar-refractivity contribution in [1.29, 1.82) is 0 Å². The van der Waals surface area contributed by atoms with Crippen LogP contribution in [0.5, 0.6) is 5.75 Å². The zero-order chi connectivity index (χ0) is 11.0. The molecule has 0 saturated carbocycles. The fourth-order valence-electron chi connectivity index (χ4n) is 2.30. The van der Waals surface area contributed by atoms with Crippen molar-refractivity contribution >= 4 is 11.4 Å². The minimum atomic E-state index is 0.338. The van der Waals surface area contributed by atoms with Crippen molar-refractivity contribution in [1.82, 2.24) is 0 Å². The largest absolute Gasteiger partial charge is 0.506 e. The molecule has 1 aromatic carbocycles. The Morgan fingerprint density at radius 1 is 1.47 bits per heavy atom. The number of aromatic hydroxyl groups is 1. The van der Waals surface area contributed by atoms with Crippen LogP contribution in [0.1, 0.15) is 20.8 Å². The van der Waals surface area contributed by atoms with Gasteiger partial charge in [0.05, 0.1) is 5.69 Å². The fraction of sp³-hybridized carbons (Fsp3) is 0.500. The van der Waals surface area contributed by atoms with Gasteiger partial charge in [0, 0.05) is 18.6 Å². The summed E-state index contributed by atoms with van der Waals surface area (Å²) in [5, 5.41) is 13.0. The van der Waals surface area contributed by atoms with E-state index in [1.54, 1.807) is 6.07 Å². The zero-order valence-electron chi connectivity index (χ0n) is 9.49. The highest BCUT2D eigenvalue weighted by molar-refractivity contribution is 5.78. The first kappa shape index (κ1) is 10.1. The van der Waals surface area contributed by atoms with Gasteiger partial charge in [-0.05, 0) is 32.9 Å². The number of phenols is 1. The van der Waals surface area contributed by atoms with Crippen LogP contribution in [-0.2, 0) is 0 Å². The van der Waals surface area contributed by atoms with Crippen LogP contribution in [0.2, 0.25) is 0 Å². The Morgan fingerprint density at radius 2 is 2.20 bits per heavy atom. The molecule has 82 valence electrons. The predicted octanol–water partition coefficient (Wildman–Crippen LogP) is 2.42. The highest BCUT2D eigenvalue weighted by Gasteiger charge is 2.26. The van der Waals surface area contributed by atoms with Crippen molar-refractivity contribution in [3.8, 4) is 5.75 Å². The molecule has 0 fully saturated rings. The Morgan fingerprint density at radius 3 is 2.87 bits per heavy atom. The first-order valence-electron chi connectivity index (χ1n) is 5.45. The van der Waals surface area contributed by atoms with E-state index >= 15 is 0 Å². The molecule has 3 nitrogen and oxygen atoms in total. The topological polar surface area (TPSA) is 35.5 Å². The molecule has 1 unspecified atom stereocenters. The van der Waals surface area contributed by atoms with Gasteiger partial charge in [-0.1, -0.05) is 6.07 Å². The summed E-state index contributed by atoms with van der Waals surface area (Å²) in [6, 6.07) is 6.57. The van der Waals surface area contributed by atoms with Crippen LogP contribution in [0.25, 0.3) is 0 Å². The number of hydrogen-bond donors (Lipinski definition) is 2. The summed E-state index contributed by atoms with van der Waals surface area (Å²) < 4.78 is 0. The first-order chi connectivity index (χ1) is 7.11. The zero-order valence-corrected chi connectivity index (χ0v) is 9.49. The van der Waals surface area contributed by atoms with Crippen LogP contribution < -0.4 is 10.2 Å². The Kier molecular flexibility index (Phi) is 2.47. The van der Waals surface area contributed by atoms with Gasteiger partial charge < -0.3 is 15.3 Å². The maximum absolute atomic E-state index is 9.75. The normalized spacial score (nSPS) is 20.0. The second kappa shape index (κ2) is 3.65. The highest BCUT2D eigenvalue weighted by Crippen LogP contribution is 2.38. The van der Waals surface area contributed by atoms with E-state index in [1.807, 2.05) is 6.07 Å². The number of rotatable bonds is 1. The predicted molar refractivity (Wildman–Crippen MR) is 63.7 cm³/mol. The maximum atomic E-state index is 9.75. The molecule has 0 radical (unpaired) electrons. The maximum Gasteiger partial charge on any atom is 0.140 e. The third-order valence-electron chi connectivity index (χ3n) is 2.90. The average molecular weight is 206 g/mol. The van der Waals surface area contributed by atoms with Gasteiger partial charge in [-0.25, -0.2) is 0 Å². The van der Waals surface area contributed by atoms with Crippen LogP contribution in [0.3, 0.4) is 0 Å². The third kappa shape index (κ3) is 1.62. The second-order valence-corrected chi connectivity index (χ2v) is 4.40. The number of nitrogens with zero attached hydrogens (tertiary/aromatic N) is 1. The molecule has 1 heterocycles. The van der Waals surface area contributed by atoms with Crippen molar-refractivity contribution in [2.24, 2.45) is 0 Å².